The Morgan fingerprint density at radius 3 is 2.25 bits per heavy atom. The zero-order valence-electron chi connectivity index (χ0n) is 14.0. The van der Waals surface area contributed by atoms with E-state index in [0.717, 1.165) is 10.6 Å². The molecule has 0 aromatic heterocycles. The zero-order chi connectivity index (χ0) is 17.7. The molecule has 128 valence electrons. The van der Waals surface area contributed by atoms with E-state index >= 15 is 0 Å². The molecular formula is C17H21N3O4. The molecule has 0 unspecified atom stereocenters. The molecule has 2 rings (SSSR count). The third-order valence-electron chi connectivity index (χ3n) is 3.13. The maximum Gasteiger partial charge on any atom is 0.411 e. The van der Waals surface area contributed by atoms with Crippen molar-refractivity contribution in [1.82, 2.24) is 10.3 Å². The monoisotopic (exact) mass is 331 g/mol. The highest BCUT2D eigenvalue weighted by atomic mass is 16.6. The second-order valence-corrected chi connectivity index (χ2v) is 6.38. The van der Waals surface area contributed by atoms with E-state index in [4.69, 9.17) is 4.74 Å². The van der Waals surface area contributed by atoms with Gasteiger partial charge in [0.1, 0.15) is 5.60 Å². The summed E-state index contributed by atoms with van der Waals surface area (Å²) in [6.07, 6.45) is 0.656. The van der Waals surface area contributed by atoms with Crippen LogP contribution < -0.4 is 10.9 Å². The molecule has 1 aliphatic rings. The predicted molar refractivity (Wildman–Crippen MR) is 89.1 cm³/mol. The van der Waals surface area contributed by atoms with Crippen LogP contribution in [0, 0.1) is 0 Å². The lowest BCUT2D eigenvalue weighted by Crippen LogP contribution is -2.48. The second kappa shape index (κ2) is 7.16. The van der Waals surface area contributed by atoms with Gasteiger partial charge in [0.25, 0.3) is 0 Å². The van der Waals surface area contributed by atoms with Gasteiger partial charge in [-0.3, -0.25) is 14.5 Å². The van der Waals surface area contributed by atoms with Crippen molar-refractivity contribution in [3.63, 3.8) is 0 Å². The lowest BCUT2D eigenvalue weighted by molar-refractivity contribution is -0.126. The van der Waals surface area contributed by atoms with Gasteiger partial charge in [-0.15, -0.1) is 0 Å². The van der Waals surface area contributed by atoms with E-state index in [0.29, 0.717) is 0 Å². The summed E-state index contributed by atoms with van der Waals surface area (Å²) >= 11 is 0. The van der Waals surface area contributed by atoms with Crippen LogP contribution in [0.1, 0.15) is 20.8 Å². The fourth-order valence-electron chi connectivity index (χ4n) is 2.06. The second-order valence-electron chi connectivity index (χ2n) is 6.38. The molecule has 0 atom stereocenters. The minimum atomic E-state index is -0.680. The molecule has 1 aliphatic heterocycles. The first-order chi connectivity index (χ1) is 11.3. The van der Waals surface area contributed by atoms with Crippen molar-refractivity contribution < 1.29 is 19.1 Å². The van der Waals surface area contributed by atoms with Crippen LogP contribution in [0.5, 0.6) is 0 Å². The van der Waals surface area contributed by atoms with E-state index in [1.54, 1.807) is 20.8 Å². The molecular weight excluding hydrogens is 310 g/mol. The van der Waals surface area contributed by atoms with Gasteiger partial charge in [0, 0.05) is 6.20 Å². The number of nitrogens with one attached hydrogen (secondary N) is 2. The quantitative estimate of drug-likeness (QED) is 0.499. The zero-order valence-corrected chi connectivity index (χ0v) is 14.0. The summed E-state index contributed by atoms with van der Waals surface area (Å²) in [4.78, 5) is 37.3. The van der Waals surface area contributed by atoms with Gasteiger partial charge in [0.2, 0.25) is 0 Å². The summed E-state index contributed by atoms with van der Waals surface area (Å²) in [5.41, 5.74) is 5.73. The lowest BCUT2D eigenvalue weighted by atomic mass is 10.0. The van der Waals surface area contributed by atoms with Gasteiger partial charge in [-0.2, -0.15) is 0 Å². The van der Waals surface area contributed by atoms with Crippen molar-refractivity contribution in [3.05, 3.63) is 42.1 Å². The van der Waals surface area contributed by atoms with E-state index < -0.39 is 23.3 Å². The topological polar surface area (TPSA) is 87.7 Å². The molecule has 1 amide bonds. The Morgan fingerprint density at radius 1 is 1.12 bits per heavy atom. The Hall–Kier alpha value is -2.83. The minimum absolute atomic E-state index is 0.0261. The van der Waals surface area contributed by atoms with Gasteiger partial charge in [0.05, 0.1) is 24.4 Å². The van der Waals surface area contributed by atoms with Gasteiger partial charge >= 0.3 is 6.09 Å². The summed E-state index contributed by atoms with van der Waals surface area (Å²) in [5.74, 6) is -0.862. The fourth-order valence-corrected chi connectivity index (χ4v) is 2.06. The maximum atomic E-state index is 12.1. The highest BCUT2D eigenvalue weighted by Gasteiger charge is 2.33. The molecule has 7 heteroatoms. The molecule has 0 saturated carbocycles. The number of ether oxygens (including phenoxy) is 1. The average Bonchev–Trinajstić information content (AvgIpc) is 2.49. The fraction of sp³-hybridized carbons (Fsp3) is 0.353. The Morgan fingerprint density at radius 2 is 1.71 bits per heavy atom. The number of Topliss-reactive ketones (excluding diaryl/α,β-unsaturated/α-hetero) is 2. The van der Waals surface area contributed by atoms with Crippen LogP contribution in [-0.4, -0.2) is 41.3 Å². The summed E-state index contributed by atoms with van der Waals surface area (Å²) < 4.78 is 5.18. The van der Waals surface area contributed by atoms with Crippen molar-refractivity contribution >= 4 is 23.3 Å². The van der Waals surface area contributed by atoms with Gasteiger partial charge < -0.3 is 15.6 Å². The molecule has 1 aromatic rings. The summed E-state index contributed by atoms with van der Waals surface area (Å²) in [5, 5.41) is 0. The van der Waals surface area contributed by atoms with Crippen LogP contribution in [0.15, 0.2) is 42.1 Å². The molecule has 7 nitrogen and oxygen atoms in total. The third kappa shape index (κ3) is 4.84. The standard InChI is InChI=1S/C17H21N3O4/c1-17(2,3)24-16(23)20-10-14(21)13(15(22)11-20)9-18-19-12-7-5-4-6-8-12/h4-9,18-19H,10-11H2,1-3H3. The smallest absolute Gasteiger partial charge is 0.411 e. The molecule has 0 spiro atoms. The number of carbonyl (C=O) groups excluding carboxylic acids is 3. The number of piperidine rings is 1. The number of anilines is 1. The molecule has 1 heterocycles. The highest BCUT2D eigenvalue weighted by Crippen LogP contribution is 2.14. The first kappa shape index (κ1) is 17.5. The van der Waals surface area contributed by atoms with Crippen molar-refractivity contribution in [3.8, 4) is 0 Å². The van der Waals surface area contributed by atoms with Crippen molar-refractivity contribution in [1.29, 1.82) is 0 Å². The molecule has 1 fully saturated rings. The summed E-state index contributed by atoms with van der Waals surface area (Å²) in [7, 11) is 0. The van der Waals surface area contributed by atoms with Crippen LogP contribution in [0.25, 0.3) is 0 Å². The largest absolute Gasteiger partial charge is 0.444 e. The number of rotatable bonds is 3. The van der Waals surface area contributed by atoms with Crippen molar-refractivity contribution in [2.45, 2.75) is 26.4 Å². The van der Waals surface area contributed by atoms with E-state index in [1.807, 2.05) is 30.3 Å². The van der Waals surface area contributed by atoms with E-state index in [2.05, 4.69) is 10.9 Å². The number of hydrogen-bond acceptors (Lipinski definition) is 6. The van der Waals surface area contributed by atoms with E-state index in [9.17, 15) is 14.4 Å². The highest BCUT2D eigenvalue weighted by molar-refractivity contribution is 6.23. The Kier molecular flexibility index (Phi) is 5.23. The molecule has 1 saturated heterocycles. The van der Waals surface area contributed by atoms with Gasteiger partial charge in [-0.25, -0.2) is 4.79 Å². The molecule has 0 radical (unpaired) electrons. The van der Waals surface area contributed by atoms with E-state index in [1.165, 1.54) is 6.20 Å². The number of para-hydroxylation sites is 1. The number of benzene rings is 1. The van der Waals surface area contributed by atoms with E-state index in [-0.39, 0.29) is 18.7 Å². The lowest BCUT2D eigenvalue weighted by Gasteiger charge is -2.29. The minimum Gasteiger partial charge on any atom is -0.444 e. The van der Waals surface area contributed by atoms with Gasteiger partial charge in [0.15, 0.2) is 11.6 Å². The predicted octanol–water partition coefficient (Wildman–Crippen LogP) is 1.88. The Bertz CT molecular complexity index is 642. The number of hydrogen-bond donors (Lipinski definition) is 2. The molecule has 24 heavy (non-hydrogen) atoms. The average molecular weight is 331 g/mol. The van der Waals surface area contributed by atoms with Gasteiger partial charge in [-0.1, -0.05) is 18.2 Å². The van der Waals surface area contributed by atoms with Crippen LogP contribution in [-0.2, 0) is 14.3 Å². The number of ketones is 2. The number of nitrogens with zero attached hydrogens (tertiary/aromatic N) is 1. The van der Waals surface area contributed by atoms with Gasteiger partial charge in [-0.05, 0) is 32.9 Å². The molecule has 1 aromatic carbocycles. The molecule has 2 N–H and O–H groups in total. The molecule has 0 aliphatic carbocycles. The van der Waals surface area contributed by atoms with Crippen molar-refractivity contribution in [2.75, 3.05) is 18.5 Å². The number of carbonyl (C=O) groups is 3. The van der Waals surface area contributed by atoms with Crippen molar-refractivity contribution in [2.24, 2.45) is 0 Å². The Labute approximate surface area is 140 Å². The maximum absolute atomic E-state index is 12.1. The van der Waals surface area contributed by atoms with Crippen LogP contribution in [0.4, 0.5) is 10.5 Å². The first-order valence-corrected chi connectivity index (χ1v) is 7.57. The first-order valence-electron chi connectivity index (χ1n) is 7.57. The van der Waals surface area contributed by atoms with Crippen LogP contribution >= 0.6 is 0 Å². The number of amides is 1. The normalized spacial score (nSPS) is 15.1. The summed E-state index contributed by atoms with van der Waals surface area (Å²) in [6.45, 7) is 4.81. The van der Waals surface area contributed by atoms with Crippen LogP contribution in [0.3, 0.4) is 0 Å². The Balaban J connectivity index is 1.95. The molecule has 0 bridgehead atoms. The third-order valence-corrected chi connectivity index (χ3v) is 3.13. The number of hydrazine groups is 1. The SMILES string of the molecule is CC(C)(C)OC(=O)N1CC(=O)C(=CNNc2ccccc2)C(=O)C1. The summed E-state index contributed by atoms with van der Waals surface area (Å²) in [6, 6.07) is 9.25. The number of likely N-dealkylation sites (tertiary alicyclic amines) is 1. The van der Waals surface area contributed by atoms with Crippen LogP contribution in [0.2, 0.25) is 0 Å².